The van der Waals surface area contributed by atoms with Gasteiger partial charge < -0.3 is 0 Å². The van der Waals surface area contributed by atoms with E-state index in [1.807, 2.05) is 13.8 Å². The second-order valence-electron chi connectivity index (χ2n) is 2.57. The molecular weight excluding hydrogens is 140 g/mol. The molecule has 0 saturated heterocycles. The van der Waals surface area contributed by atoms with E-state index in [-0.39, 0.29) is 5.56 Å². The minimum Gasteiger partial charge on any atom is -0.268 e. The van der Waals surface area contributed by atoms with Crippen LogP contribution in [0, 0.1) is 6.92 Å². The fraction of sp³-hybridized carbons (Fsp3) is 0.500. The molecule has 0 aromatic carbocycles. The van der Waals surface area contributed by atoms with Crippen LogP contribution < -0.4 is 5.56 Å². The molecular formula is C8H12N2O. The van der Waals surface area contributed by atoms with Crippen LogP contribution in [-0.2, 0) is 13.5 Å². The first-order chi connectivity index (χ1) is 5.15. The number of aryl methyl sites for hydroxylation is 3. The maximum Gasteiger partial charge on any atom is 0.266 e. The van der Waals surface area contributed by atoms with E-state index in [9.17, 15) is 4.79 Å². The fourth-order valence-electron chi connectivity index (χ4n) is 1.04. The lowest BCUT2D eigenvalue weighted by Gasteiger charge is -2.02. The van der Waals surface area contributed by atoms with Crippen LogP contribution in [0.5, 0.6) is 0 Å². The van der Waals surface area contributed by atoms with E-state index in [0.29, 0.717) is 0 Å². The molecule has 0 unspecified atom stereocenters. The van der Waals surface area contributed by atoms with Crippen LogP contribution in [0.25, 0.3) is 0 Å². The van der Waals surface area contributed by atoms with E-state index in [0.717, 1.165) is 17.7 Å². The lowest BCUT2D eigenvalue weighted by molar-refractivity contribution is 0.683. The molecule has 1 aromatic heterocycles. The van der Waals surface area contributed by atoms with Gasteiger partial charge in [0.15, 0.2) is 0 Å². The zero-order valence-corrected chi connectivity index (χ0v) is 7.09. The van der Waals surface area contributed by atoms with Crippen LogP contribution in [0.3, 0.4) is 0 Å². The smallest absolute Gasteiger partial charge is 0.266 e. The SMILES string of the molecule is CCc1cc(=O)n(C)nc1C. The molecule has 0 saturated carbocycles. The van der Waals surface area contributed by atoms with Gasteiger partial charge in [0.05, 0.1) is 5.69 Å². The van der Waals surface area contributed by atoms with E-state index in [4.69, 9.17) is 0 Å². The van der Waals surface area contributed by atoms with Gasteiger partial charge in [-0.15, -0.1) is 0 Å². The summed E-state index contributed by atoms with van der Waals surface area (Å²) in [5.74, 6) is 0. The molecule has 3 heteroatoms. The van der Waals surface area contributed by atoms with Gasteiger partial charge in [0, 0.05) is 13.1 Å². The van der Waals surface area contributed by atoms with Crippen molar-refractivity contribution in [3.63, 3.8) is 0 Å². The third kappa shape index (κ3) is 1.48. The average Bonchev–Trinajstić information content (AvgIpc) is 1.97. The Labute approximate surface area is 65.7 Å². The van der Waals surface area contributed by atoms with Gasteiger partial charge >= 0.3 is 0 Å². The molecule has 60 valence electrons. The molecule has 0 bridgehead atoms. The molecule has 3 nitrogen and oxygen atoms in total. The van der Waals surface area contributed by atoms with Gasteiger partial charge in [-0.3, -0.25) is 4.79 Å². The third-order valence-electron chi connectivity index (χ3n) is 1.76. The predicted octanol–water partition coefficient (Wildman–Crippen LogP) is 0.651. The lowest BCUT2D eigenvalue weighted by atomic mass is 10.2. The molecule has 0 aliphatic carbocycles. The summed E-state index contributed by atoms with van der Waals surface area (Å²) in [5, 5.41) is 4.05. The standard InChI is InChI=1S/C8H12N2O/c1-4-7-5-8(11)10(3)9-6(7)2/h5H,4H2,1-3H3. The Hall–Kier alpha value is -1.12. The van der Waals surface area contributed by atoms with Crippen molar-refractivity contribution in [1.82, 2.24) is 9.78 Å². The third-order valence-corrected chi connectivity index (χ3v) is 1.76. The van der Waals surface area contributed by atoms with Gasteiger partial charge in [-0.2, -0.15) is 5.10 Å². The molecule has 0 aliphatic heterocycles. The van der Waals surface area contributed by atoms with Gasteiger partial charge in [-0.05, 0) is 18.9 Å². The Morgan fingerprint density at radius 1 is 1.64 bits per heavy atom. The van der Waals surface area contributed by atoms with Crippen molar-refractivity contribution in [3.8, 4) is 0 Å². The van der Waals surface area contributed by atoms with E-state index < -0.39 is 0 Å². The lowest BCUT2D eigenvalue weighted by Crippen LogP contribution is -2.20. The predicted molar refractivity (Wildman–Crippen MR) is 43.6 cm³/mol. The van der Waals surface area contributed by atoms with Crippen molar-refractivity contribution in [2.24, 2.45) is 7.05 Å². The summed E-state index contributed by atoms with van der Waals surface area (Å²) in [7, 11) is 1.66. The molecule has 0 N–H and O–H groups in total. The minimum atomic E-state index is -0.0348. The maximum atomic E-state index is 11.1. The van der Waals surface area contributed by atoms with Gasteiger partial charge in [-0.25, -0.2) is 4.68 Å². The van der Waals surface area contributed by atoms with Gasteiger partial charge in [0.2, 0.25) is 0 Å². The van der Waals surface area contributed by atoms with Gasteiger partial charge in [0.1, 0.15) is 0 Å². The van der Waals surface area contributed by atoms with Crippen LogP contribution in [0.1, 0.15) is 18.2 Å². The molecule has 0 amide bonds. The normalized spacial score (nSPS) is 10.1. The molecule has 0 radical (unpaired) electrons. The second-order valence-corrected chi connectivity index (χ2v) is 2.57. The molecule has 0 aliphatic rings. The summed E-state index contributed by atoms with van der Waals surface area (Å²) in [4.78, 5) is 11.1. The van der Waals surface area contributed by atoms with Crippen LogP contribution in [-0.4, -0.2) is 9.78 Å². The Balaban J connectivity index is 3.32. The summed E-state index contributed by atoms with van der Waals surface area (Å²) >= 11 is 0. The molecule has 1 aromatic rings. The Kier molecular flexibility index (Phi) is 2.08. The first kappa shape index (κ1) is 7.98. The van der Waals surface area contributed by atoms with Gasteiger partial charge in [-0.1, -0.05) is 6.92 Å². The highest BCUT2D eigenvalue weighted by atomic mass is 16.1. The summed E-state index contributed by atoms with van der Waals surface area (Å²) in [5.41, 5.74) is 1.94. The molecule has 1 heterocycles. The molecule has 11 heavy (non-hydrogen) atoms. The highest BCUT2D eigenvalue weighted by Gasteiger charge is 1.99. The van der Waals surface area contributed by atoms with E-state index in [2.05, 4.69) is 5.10 Å². The summed E-state index contributed by atoms with van der Waals surface area (Å²) in [6.45, 7) is 3.93. The van der Waals surface area contributed by atoms with Crippen molar-refractivity contribution in [2.75, 3.05) is 0 Å². The minimum absolute atomic E-state index is 0.0348. The molecule has 0 spiro atoms. The molecule has 1 rings (SSSR count). The van der Waals surface area contributed by atoms with Crippen molar-refractivity contribution in [3.05, 3.63) is 27.7 Å². The molecule has 0 atom stereocenters. The number of hydrogen-bond acceptors (Lipinski definition) is 2. The Morgan fingerprint density at radius 3 is 2.82 bits per heavy atom. The van der Waals surface area contributed by atoms with Crippen LogP contribution in [0.15, 0.2) is 10.9 Å². The summed E-state index contributed by atoms with van der Waals surface area (Å²) < 4.78 is 1.36. The number of aromatic nitrogens is 2. The van der Waals surface area contributed by atoms with Crippen molar-refractivity contribution in [2.45, 2.75) is 20.3 Å². The highest BCUT2D eigenvalue weighted by molar-refractivity contribution is 5.15. The van der Waals surface area contributed by atoms with Crippen LogP contribution in [0.2, 0.25) is 0 Å². The van der Waals surface area contributed by atoms with Crippen molar-refractivity contribution < 1.29 is 0 Å². The number of hydrogen-bond donors (Lipinski definition) is 0. The maximum absolute atomic E-state index is 11.1. The number of nitrogens with zero attached hydrogens (tertiary/aromatic N) is 2. The van der Waals surface area contributed by atoms with Crippen LogP contribution >= 0.6 is 0 Å². The van der Waals surface area contributed by atoms with Gasteiger partial charge in [0.25, 0.3) is 5.56 Å². The topological polar surface area (TPSA) is 34.9 Å². The van der Waals surface area contributed by atoms with Crippen molar-refractivity contribution in [1.29, 1.82) is 0 Å². The summed E-state index contributed by atoms with van der Waals surface area (Å²) in [6, 6.07) is 1.64. The zero-order valence-electron chi connectivity index (χ0n) is 7.09. The van der Waals surface area contributed by atoms with E-state index in [1.165, 1.54) is 4.68 Å². The largest absolute Gasteiger partial charge is 0.268 e. The molecule has 0 fully saturated rings. The zero-order chi connectivity index (χ0) is 8.43. The highest BCUT2D eigenvalue weighted by Crippen LogP contribution is 1.99. The van der Waals surface area contributed by atoms with E-state index >= 15 is 0 Å². The fourth-order valence-corrected chi connectivity index (χ4v) is 1.04. The van der Waals surface area contributed by atoms with E-state index in [1.54, 1.807) is 13.1 Å². The Morgan fingerprint density at radius 2 is 2.27 bits per heavy atom. The van der Waals surface area contributed by atoms with Crippen molar-refractivity contribution >= 4 is 0 Å². The summed E-state index contributed by atoms with van der Waals surface area (Å²) in [6.07, 6.45) is 0.870. The average molecular weight is 152 g/mol. The number of rotatable bonds is 1. The Bertz CT molecular complexity index is 314. The quantitative estimate of drug-likeness (QED) is 0.592. The monoisotopic (exact) mass is 152 g/mol. The van der Waals surface area contributed by atoms with Crippen LogP contribution in [0.4, 0.5) is 0 Å². The first-order valence-corrected chi connectivity index (χ1v) is 3.69. The first-order valence-electron chi connectivity index (χ1n) is 3.69. The second kappa shape index (κ2) is 2.86.